The lowest BCUT2D eigenvalue weighted by Crippen LogP contribution is -2.20. The molecule has 1 N–H and O–H groups in total. The van der Waals surface area contributed by atoms with Crippen molar-refractivity contribution in [2.24, 2.45) is 11.8 Å². The molecule has 0 fully saturated rings. The number of rotatable bonds is 5. The van der Waals surface area contributed by atoms with Gasteiger partial charge in [-0.15, -0.1) is 0 Å². The molecule has 0 spiro atoms. The summed E-state index contributed by atoms with van der Waals surface area (Å²) in [5.74, 6) is 1.71. The van der Waals surface area contributed by atoms with Gasteiger partial charge in [-0.25, -0.2) is 9.67 Å². The Hall–Kier alpha value is -0.900. The first-order valence-corrected chi connectivity index (χ1v) is 5.55. The maximum Gasteiger partial charge on any atom is 0.138 e. The molecule has 1 unspecified atom stereocenters. The average molecular weight is 211 g/mol. The molecule has 86 valence electrons. The second kappa shape index (κ2) is 5.26. The van der Waals surface area contributed by atoms with Crippen molar-refractivity contribution in [2.45, 2.75) is 40.2 Å². The molecule has 1 atom stereocenters. The largest absolute Gasteiger partial charge is 0.396 e. The highest BCUT2D eigenvalue weighted by molar-refractivity contribution is 4.89. The summed E-state index contributed by atoms with van der Waals surface area (Å²) in [5.41, 5.74) is 0. The van der Waals surface area contributed by atoms with E-state index in [-0.39, 0.29) is 12.5 Å². The fourth-order valence-corrected chi connectivity index (χ4v) is 1.60. The Kier molecular flexibility index (Phi) is 4.27. The fourth-order valence-electron chi connectivity index (χ4n) is 1.60. The topological polar surface area (TPSA) is 50.9 Å². The lowest BCUT2D eigenvalue weighted by Gasteiger charge is -2.18. The summed E-state index contributed by atoms with van der Waals surface area (Å²) in [7, 11) is 0. The van der Waals surface area contributed by atoms with Crippen LogP contribution in [0.4, 0.5) is 0 Å². The molecule has 0 saturated heterocycles. The van der Waals surface area contributed by atoms with Crippen LogP contribution in [0.3, 0.4) is 0 Å². The Morgan fingerprint density at radius 3 is 2.47 bits per heavy atom. The van der Waals surface area contributed by atoms with Crippen molar-refractivity contribution in [3.8, 4) is 0 Å². The third-order valence-corrected chi connectivity index (χ3v) is 2.76. The predicted molar refractivity (Wildman–Crippen MR) is 59.5 cm³/mol. The van der Waals surface area contributed by atoms with Gasteiger partial charge in [0.15, 0.2) is 0 Å². The van der Waals surface area contributed by atoms with Crippen molar-refractivity contribution in [3.05, 3.63) is 12.2 Å². The minimum Gasteiger partial charge on any atom is -0.396 e. The van der Waals surface area contributed by atoms with Crippen LogP contribution in [0.15, 0.2) is 6.33 Å². The minimum atomic E-state index is 0.211. The first kappa shape index (κ1) is 12.2. The number of hydrogen-bond acceptors (Lipinski definition) is 3. The van der Waals surface area contributed by atoms with E-state index in [1.54, 1.807) is 6.33 Å². The van der Waals surface area contributed by atoms with Crippen LogP contribution in [0, 0.1) is 11.8 Å². The molecule has 0 aliphatic heterocycles. The molecule has 4 nitrogen and oxygen atoms in total. The van der Waals surface area contributed by atoms with E-state index in [1.807, 2.05) is 4.68 Å². The molecular weight excluding hydrogens is 190 g/mol. The molecule has 4 heteroatoms. The van der Waals surface area contributed by atoms with Crippen molar-refractivity contribution in [3.63, 3.8) is 0 Å². The predicted octanol–water partition coefficient (Wildman–Crippen LogP) is 1.67. The normalized spacial score (nSPS) is 13.8. The number of nitrogens with zero attached hydrogens (tertiary/aromatic N) is 3. The van der Waals surface area contributed by atoms with Gasteiger partial charge in [0.2, 0.25) is 0 Å². The van der Waals surface area contributed by atoms with E-state index >= 15 is 0 Å². The zero-order chi connectivity index (χ0) is 11.4. The number of hydrogen-bond donors (Lipinski definition) is 1. The molecule has 0 aromatic carbocycles. The summed E-state index contributed by atoms with van der Waals surface area (Å²) in [6, 6.07) is 0.328. The van der Waals surface area contributed by atoms with Gasteiger partial charge in [0.05, 0.1) is 0 Å². The van der Waals surface area contributed by atoms with Gasteiger partial charge >= 0.3 is 0 Å². The van der Waals surface area contributed by atoms with Crippen LogP contribution in [0.5, 0.6) is 0 Å². The average Bonchev–Trinajstić information content (AvgIpc) is 2.61. The second-order valence-electron chi connectivity index (χ2n) is 4.61. The lowest BCUT2D eigenvalue weighted by molar-refractivity contribution is 0.185. The van der Waals surface area contributed by atoms with Crippen LogP contribution in [-0.4, -0.2) is 26.5 Å². The molecule has 1 aromatic rings. The number of aliphatic hydroxyl groups is 1. The summed E-state index contributed by atoms with van der Waals surface area (Å²) < 4.78 is 1.92. The molecule has 0 radical (unpaired) electrons. The Morgan fingerprint density at radius 2 is 2.00 bits per heavy atom. The summed E-state index contributed by atoms with van der Waals surface area (Å²) in [6.45, 7) is 8.62. The van der Waals surface area contributed by atoms with Gasteiger partial charge in [0, 0.05) is 19.1 Å². The lowest BCUT2D eigenvalue weighted by atomic mass is 9.93. The van der Waals surface area contributed by atoms with E-state index in [0.29, 0.717) is 12.0 Å². The Morgan fingerprint density at radius 1 is 1.33 bits per heavy atom. The fraction of sp³-hybridized carbons (Fsp3) is 0.818. The van der Waals surface area contributed by atoms with E-state index < -0.39 is 0 Å². The summed E-state index contributed by atoms with van der Waals surface area (Å²) in [6.07, 6.45) is 2.39. The van der Waals surface area contributed by atoms with Crippen LogP contribution < -0.4 is 0 Å². The van der Waals surface area contributed by atoms with Gasteiger partial charge in [0.1, 0.15) is 12.2 Å². The highest BCUT2D eigenvalue weighted by Gasteiger charge is 2.17. The van der Waals surface area contributed by atoms with Gasteiger partial charge in [0.25, 0.3) is 0 Å². The maximum atomic E-state index is 9.27. The summed E-state index contributed by atoms with van der Waals surface area (Å²) in [4.78, 5) is 4.25. The van der Waals surface area contributed by atoms with Crippen molar-refractivity contribution >= 4 is 0 Å². The van der Waals surface area contributed by atoms with E-state index in [4.69, 9.17) is 0 Å². The van der Waals surface area contributed by atoms with Crippen LogP contribution in [0.25, 0.3) is 0 Å². The van der Waals surface area contributed by atoms with Crippen LogP contribution >= 0.6 is 0 Å². The van der Waals surface area contributed by atoms with Gasteiger partial charge in [-0.3, -0.25) is 0 Å². The monoisotopic (exact) mass is 211 g/mol. The van der Waals surface area contributed by atoms with Gasteiger partial charge in [-0.2, -0.15) is 5.10 Å². The molecule has 0 bridgehead atoms. The standard InChI is InChI=1S/C11H21N3O/c1-8(2)10(6-15)5-11-12-7-13-14(11)9(3)4/h7-10,15H,5-6H2,1-4H3. The Balaban J connectivity index is 2.74. The Labute approximate surface area is 91.3 Å². The van der Waals surface area contributed by atoms with E-state index in [0.717, 1.165) is 12.2 Å². The van der Waals surface area contributed by atoms with Crippen molar-refractivity contribution < 1.29 is 5.11 Å². The maximum absolute atomic E-state index is 9.27. The third-order valence-electron chi connectivity index (χ3n) is 2.76. The molecule has 1 aromatic heterocycles. The molecule has 0 saturated carbocycles. The molecule has 0 aliphatic rings. The zero-order valence-electron chi connectivity index (χ0n) is 10.0. The smallest absolute Gasteiger partial charge is 0.138 e. The van der Waals surface area contributed by atoms with Crippen LogP contribution in [0.1, 0.15) is 39.6 Å². The Bertz CT molecular complexity index is 294. The highest BCUT2D eigenvalue weighted by atomic mass is 16.3. The molecule has 0 aliphatic carbocycles. The molecule has 0 amide bonds. The molecular formula is C11H21N3O. The van der Waals surface area contributed by atoms with Crippen molar-refractivity contribution in [1.29, 1.82) is 0 Å². The quantitative estimate of drug-likeness (QED) is 0.806. The number of aromatic nitrogens is 3. The molecule has 1 rings (SSSR count). The zero-order valence-corrected chi connectivity index (χ0v) is 10.0. The van der Waals surface area contributed by atoms with Crippen LogP contribution in [0.2, 0.25) is 0 Å². The molecule has 15 heavy (non-hydrogen) atoms. The van der Waals surface area contributed by atoms with Gasteiger partial charge < -0.3 is 5.11 Å². The first-order valence-electron chi connectivity index (χ1n) is 5.55. The minimum absolute atomic E-state index is 0.211. The second-order valence-corrected chi connectivity index (χ2v) is 4.61. The van der Waals surface area contributed by atoms with Crippen molar-refractivity contribution in [2.75, 3.05) is 6.61 Å². The first-order chi connectivity index (χ1) is 7.06. The summed E-state index contributed by atoms with van der Waals surface area (Å²) in [5, 5.41) is 13.5. The van der Waals surface area contributed by atoms with Crippen molar-refractivity contribution in [1.82, 2.24) is 14.8 Å². The van der Waals surface area contributed by atoms with Crippen LogP contribution in [-0.2, 0) is 6.42 Å². The van der Waals surface area contributed by atoms with E-state index in [9.17, 15) is 5.11 Å². The molecule has 1 heterocycles. The van der Waals surface area contributed by atoms with E-state index in [1.165, 1.54) is 0 Å². The van der Waals surface area contributed by atoms with Gasteiger partial charge in [-0.05, 0) is 25.7 Å². The SMILES string of the molecule is CC(C)C(CO)Cc1ncnn1C(C)C. The highest BCUT2D eigenvalue weighted by Crippen LogP contribution is 2.16. The van der Waals surface area contributed by atoms with Gasteiger partial charge in [-0.1, -0.05) is 13.8 Å². The number of aliphatic hydroxyl groups excluding tert-OH is 1. The summed E-state index contributed by atoms with van der Waals surface area (Å²) >= 11 is 0. The van der Waals surface area contributed by atoms with E-state index in [2.05, 4.69) is 37.8 Å². The third kappa shape index (κ3) is 3.02.